The van der Waals surface area contributed by atoms with Crippen molar-refractivity contribution < 1.29 is 28.7 Å². The number of aliphatic hydroxyl groups excluding tert-OH is 1. The first-order valence-electron chi connectivity index (χ1n) is 15.8. The predicted octanol–water partition coefficient (Wildman–Crippen LogP) is 4.17. The number of fused-ring (bicyclic) bond motifs is 1. The molecule has 250 valence electrons. The van der Waals surface area contributed by atoms with Crippen LogP contribution >= 0.6 is 11.3 Å². The van der Waals surface area contributed by atoms with E-state index in [1.807, 2.05) is 52.0 Å². The number of benzene rings is 2. The average molecular weight is 664 g/mol. The summed E-state index contributed by atoms with van der Waals surface area (Å²) in [6.07, 6.45) is -3.81. The molecule has 5 atom stereocenters. The fourth-order valence-electron chi connectivity index (χ4n) is 6.37. The predicted molar refractivity (Wildman–Crippen MR) is 177 cm³/mol. The molecule has 0 aliphatic carbocycles. The van der Waals surface area contributed by atoms with Gasteiger partial charge < -0.3 is 25.5 Å². The van der Waals surface area contributed by atoms with Gasteiger partial charge in [-0.2, -0.15) is 0 Å². The van der Waals surface area contributed by atoms with Gasteiger partial charge in [0.25, 0.3) is 5.91 Å². The molecule has 47 heavy (non-hydrogen) atoms. The zero-order chi connectivity index (χ0) is 34.2. The van der Waals surface area contributed by atoms with Crippen LogP contribution in [0.4, 0.5) is 4.39 Å². The van der Waals surface area contributed by atoms with E-state index in [0.717, 1.165) is 26.6 Å². The number of aliphatic hydroxyl groups is 1. The molecule has 5 rings (SSSR count). The van der Waals surface area contributed by atoms with E-state index in [2.05, 4.69) is 15.6 Å². The van der Waals surface area contributed by atoms with Crippen LogP contribution in [0.1, 0.15) is 74.3 Å². The molecule has 2 aliphatic heterocycles. The highest BCUT2D eigenvalue weighted by atomic mass is 32.1. The van der Waals surface area contributed by atoms with Crippen LogP contribution in [0.15, 0.2) is 54.0 Å². The van der Waals surface area contributed by atoms with Gasteiger partial charge in [0.05, 0.1) is 35.1 Å². The van der Waals surface area contributed by atoms with E-state index in [4.69, 9.17) is 0 Å². The van der Waals surface area contributed by atoms with Crippen molar-refractivity contribution in [2.45, 2.75) is 90.4 Å². The highest BCUT2D eigenvalue weighted by Gasteiger charge is 2.51. The summed E-state index contributed by atoms with van der Waals surface area (Å²) in [6, 6.07) is 10.9. The normalized spacial score (nSPS) is 20.7. The Morgan fingerprint density at radius 1 is 1.11 bits per heavy atom. The number of β-amino-alcohol motifs (C(OH)–C–C–N with tert-alkyl or cyclic N) is 1. The first kappa shape index (κ1) is 34.2. The first-order chi connectivity index (χ1) is 22.2. The second kappa shape index (κ2) is 13.5. The summed E-state index contributed by atoms with van der Waals surface area (Å²) in [5.41, 5.74) is 4.94. The second-order valence-electron chi connectivity index (χ2n) is 13.7. The Morgan fingerprint density at radius 3 is 2.38 bits per heavy atom. The summed E-state index contributed by atoms with van der Waals surface area (Å²) in [5, 5.41) is 16.3. The molecule has 4 amide bonds. The van der Waals surface area contributed by atoms with Crippen molar-refractivity contribution >= 4 is 35.0 Å². The van der Waals surface area contributed by atoms with Crippen molar-refractivity contribution in [1.29, 1.82) is 0 Å². The monoisotopic (exact) mass is 663 g/mol. The van der Waals surface area contributed by atoms with Crippen LogP contribution in [-0.2, 0) is 20.9 Å². The van der Waals surface area contributed by atoms with Gasteiger partial charge in [-0.25, -0.2) is 9.37 Å². The molecule has 1 fully saturated rings. The quantitative estimate of drug-likeness (QED) is 0.315. The van der Waals surface area contributed by atoms with Crippen LogP contribution in [-0.4, -0.2) is 80.0 Å². The summed E-state index contributed by atoms with van der Waals surface area (Å²) in [7, 11) is 0. The number of likely N-dealkylation sites (tertiary alicyclic amines) is 1. The zero-order valence-corrected chi connectivity index (χ0v) is 28.3. The van der Waals surface area contributed by atoms with Crippen LogP contribution in [0.3, 0.4) is 0 Å². The summed E-state index contributed by atoms with van der Waals surface area (Å²) >= 11 is 1.50. The van der Waals surface area contributed by atoms with E-state index in [9.17, 15) is 24.3 Å². The Morgan fingerprint density at radius 2 is 1.79 bits per heavy atom. The number of nitrogens with zero attached hydrogens (tertiary/aromatic N) is 3. The fourth-order valence-corrected chi connectivity index (χ4v) is 7.18. The number of carbonyl (C=O) groups is 4. The average Bonchev–Trinajstić information content (AvgIpc) is 3.66. The molecule has 0 spiro atoms. The molecule has 2 aliphatic rings. The number of hydrogen-bond donors (Lipinski definition) is 3. The van der Waals surface area contributed by atoms with Gasteiger partial charge in [-0.1, -0.05) is 56.3 Å². The molecule has 12 heteroatoms. The smallest absolute Gasteiger partial charge is 0.255 e. The Kier molecular flexibility index (Phi) is 9.83. The third kappa shape index (κ3) is 7.23. The van der Waals surface area contributed by atoms with Crippen LogP contribution in [0.5, 0.6) is 0 Å². The third-order valence-corrected chi connectivity index (χ3v) is 9.53. The molecule has 0 bridgehead atoms. The Labute approximate surface area is 278 Å². The maximum atomic E-state index is 15.7. The number of aryl methyl sites for hydroxylation is 1. The minimum absolute atomic E-state index is 0.142. The second-order valence-corrected chi connectivity index (χ2v) is 14.5. The van der Waals surface area contributed by atoms with E-state index < -0.39 is 54.3 Å². The number of nitrogens with one attached hydrogen (secondary N) is 2. The van der Waals surface area contributed by atoms with Crippen LogP contribution in [0.25, 0.3) is 10.4 Å². The molecule has 3 aromatic rings. The molecule has 0 saturated carbocycles. The molecule has 3 heterocycles. The molecule has 1 aromatic heterocycles. The lowest BCUT2D eigenvalue weighted by atomic mass is 9.98. The lowest BCUT2D eigenvalue weighted by Crippen LogP contribution is -2.57. The maximum absolute atomic E-state index is 15.7. The van der Waals surface area contributed by atoms with Gasteiger partial charge in [0.2, 0.25) is 17.7 Å². The number of alkyl halides is 1. The van der Waals surface area contributed by atoms with Gasteiger partial charge in [-0.3, -0.25) is 19.2 Å². The van der Waals surface area contributed by atoms with E-state index in [1.165, 1.54) is 16.2 Å². The highest BCUT2D eigenvalue weighted by molar-refractivity contribution is 7.13. The van der Waals surface area contributed by atoms with Crippen LogP contribution in [0, 0.1) is 12.8 Å². The van der Waals surface area contributed by atoms with Gasteiger partial charge in [0.1, 0.15) is 18.2 Å². The van der Waals surface area contributed by atoms with Crippen molar-refractivity contribution in [2.75, 3.05) is 6.54 Å². The number of thiazole rings is 1. The Hall–Kier alpha value is -4.16. The van der Waals surface area contributed by atoms with Crippen molar-refractivity contribution in [3.05, 3.63) is 76.4 Å². The molecular formula is C35H42FN5O5S. The minimum Gasteiger partial charge on any atom is -0.388 e. The number of hydrogen-bond acceptors (Lipinski definition) is 7. The number of halogens is 1. The van der Waals surface area contributed by atoms with Crippen molar-refractivity contribution in [3.8, 4) is 10.4 Å². The van der Waals surface area contributed by atoms with Gasteiger partial charge in [0, 0.05) is 17.6 Å². The molecule has 0 unspecified atom stereocenters. The summed E-state index contributed by atoms with van der Waals surface area (Å²) < 4.78 is 15.7. The Balaban J connectivity index is 1.41. The van der Waals surface area contributed by atoms with Gasteiger partial charge in [-0.15, -0.1) is 11.3 Å². The standard InChI is InChI=1S/C35H42FN5O5S/c1-19(2)29(40-16-23-9-7-8-10-24(23)33(40)45)34(46)41-17-26(42)28(36)30(41)32(44)38-25(15-27(43)39-35(4,5)6)21-11-13-22(14-12-21)31-20(3)37-18-47-31/h7-14,18-19,25-26,28-30,42H,15-17H2,1-6H3,(H,38,44)(H,39,43)/t25-,26-,28-,29-,30-/m0/s1. The van der Waals surface area contributed by atoms with Crippen molar-refractivity contribution in [1.82, 2.24) is 25.4 Å². The van der Waals surface area contributed by atoms with Crippen molar-refractivity contribution in [3.63, 3.8) is 0 Å². The molecule has 2 aromatic carbocycles. The van der Waals surface area contributed by atoms with Gasteiger partial charge in [-0.05, 0) is 56.4 Å². The minimum atomic E-state index is -2.07. The molecule has 1 saturated heterocycles. The topological polar surface area (TPSA) is 132 Å². The van der Waals surface area contributed by atoms with E-state index in [-0.39, 0.29) is 30.7 Å². The number of carbonyl (C=O) groups excluding carboxylic acids is 4. The summed E-state index contributed by atoms with van der Waals surface area (Å²) in [4.78, 5) is 62.3. The van der Waals surface area contributed by atoms with Crippen molar-refractivity contribution in [2.24, 2.45) is 5.92 Å². The zero-order valence-electron chi connectivity index (χ0n) is 27.5. The fraction of sp³-hybridized carbons (Fsp3) is 0.457. The number of rotatable bonds is 9. The first-order valence-corrected chi connectivity index (χ1v) is 16.7. The lowest BCUT2D eigenvalue weighted by molar-refractivity contribution is -0.144. The van der Waals surface area contributed by atoms with Crippen LogP contribution < -0.4 is 10.6 Å². The number of amides is 4. The largest absolute Gasteiger partial charge is 0.388 e. The summed E-state index contributed by atoms with van der Waals surface area (Å²) in [6.45, 7) is 10.8. The molecule has 10 nitrogen and oxygen atoms in total. The third-order valence-electron chi connectivity index (χ3n) is 8.55. The lowest BCUT2D eigenvalue weighted by Gasteiger charge is -2.35. The molecular weight excluding hydrogens is 621 g/mol. The molecule has 0 radical (unpaired) electrons. The van der Waals surface area contributed by atoms with Gasteiger partial charge in [0.15, 0.2) is 6.17 Å². The van der Waals surface area contributed by atoms with E-state index >= 15 is 4.39 Å². The summed E-state index contributed by atoms with van der Waals surface area (Å²) in [5.74, 6) is -2.46. The highest BCUT2D eigenvalue weighted by Crippen LogP contribution is 2.32. The van der Waals surface area contributed by atoms with Crippen LogP contribution in [0.2, 0.25) is 0 Å². The molecule has 3 N–H and O–H groups in total. The Bertz CT molecular complexity index is 1650. The van der Waals surface area contributed by atoms with E-state index in [0.29, 0.717) is 11.1 Å². The maximum Gasteiger partial charge on any atom is 0.255 e. The van der Waals surface area contributed by atoms with E-state index in [1.54, 1.807) is 43.6 Å². The SMILES string of the molecule is Cc1ncsc1-c1ccc([C@H](CC(=O)NC(C)(C)C)NC(=O)[C@@H]2[C@@H](F)[C@@H](O)CN2C(=O)[C@H](C(C)C)N2Cc3ccccc3C2=O)cc1. The number of aromatic nitrogens is 1. The van der Waals surface area contributed by atoms with Gasteiger partial charge >= 0.3 is 0 Å².